The molecule has 1 heterocycles. The van der Waals surface area contributed by atoms with Gasteiger partial charge in [-0.15, -0.1) is 0 Å². The van der Waals surface area contributed by atoms with Gasteiger partial charge in [0.15, 0.2) is 11.6 Å². The molecule has 2 N–H and O–H groups in total. The van der Waals surface area contributed by atoms with Gasteiger partial charge in [-0.2, -0.15) is 0 Å². The van der Waals surface area contributed by atoms with Gasteiger partial charge in [-0.1, -0.05) is 6.07 Å². The summed E-state index contributed by atoms with van der Waals surface area (Å²) in [6.45, 7) is 2.34. The topological polar surface area (TPSA) is 48.1 Å². The molecule has 0 aliphatic carbocycles. The average molecular weight is 274 g/mol. The second-order valence-electron chi connectivity index (χ2n) is 4.90. The third-order valence-electron chi connectivity index (χ3n) is 2.95. The number of halogens is 1. The van der Waals surface area contributed by atoms with Crippen LogP contribution in [0.1, 0.15) is 18.1 Å². The maximum Gasteiger partial charge on any atom is 0.165 e. The summed E-state index contributed by atoms with van der Waals surface area (Å²) in [7, 11) is 0. The standard InChI is InChI=1S/C16H19FN2O/c1-12(18)10-14-2-3-16(15(17)11-14)20-9-6-13-4-7-19-8-5-13/h2-5,7-8,11-12H,6,9-10,18H2,1H3. The fourth-order valence-corrected chi connectivity index (χ4v) is 1.99. The Morgan fingerprint density at radius 3 is 2.60 bits per heavy atom. The van der Waals surface area contributed by atoms with E-state index in [9.17, 15) is 4.39 Å². The van der Waals surface area contributed by atoms with Crippen LogP contribution in [0.3, 0.4) is 0 Å². The van der Waals surface area contributed by atoms with Crippen LogP contribution in [-0.2, 0) is 12.8 Å². The molecule has 2 aromatic rings. The maximum absolute atomic E-state index is 13.9. The van der Waals surface area contributed by atoms with Crippen molar-refractivity contribution in [3.63, 3.8) is 0 Å². The molecule has 106 valence electrons. The van der Waals surface area contributed by atoms with E-state index in [4.69, 9.17) is 10.5 Å². The molecule has 0 fully saturated rings. The van der Waals surface area contributed by atoms with Crippen molar-refractivity contribution in [2.45, 2.75) is 25.8 Å². The lowest BCUT2D eigenvalue weighted by molar-refractivity contribution is 0.305. The highest BCUT2D eigenvalue weighted by Gasteiger charge is 2.06. The highest BCUT2D eigenvalue weighted by atomic mass is 19.1. The summed E-state index contributed by atoms with van der Waals surface area (Å²) in [6.07, 6.45) is 4.86. The van der Waals surface area contributed by atoms with Gasteiger partial charge in [-0.05, 0) is 48.7 Å². The van der Waals surface area contributed by atoms with Gasteiger partial charge in [-0.25, -0.2) is 4.39 Å². The van der Waals surface area contributed by atoms with Crippen LogP contribution in [0, 0.1) is 5.82 Å². The quantitative estimate of drug-likeness (QED) is 0.881. The fourth-order valence-electron chi connectivity index (χ4n) is 1.99. The van der Waals surface area contributed by atoms with Gasteiger partial charge in [-0.3, -0.25) is 4.98 Å². The Morgan fingerprint density at radius 2 is 1.95 bits per heavy atom. The zero-order valence-corrected chi connectivity index (χ0v) is 11.6. The van der Waals surface area contributed by atoms with Gasteiger partial charge in [0.25, 0.3) is 0 Å². The minimum absolute atomic E-state index is 0.0212. The Hall–Kier alpha value is -1.94. The van der Waals surface area contributed by atoms with Crippen LogP contribution >= 0.6 is 0 Å². The predicted molar refractivity (Wildman–Crippen MR) is 77.2 cm³/mol. The number of aromatic nitrogens is 1. The number of nitrogens with zero attached hydrogens (tertiary/aromatic N) is 1. The maximum atomic E-state index is 13.9. The zero-order valence-electron chi connectivity index (χ0n) is 11.6. The number of ether oxygens (including phenoxy) is 1. The molecule has 4 heteroatoms. The molecule has 0 bridgehead atoms. The van der Waals surface area contributed by atoms with Crippen molar-refractivity contribution < 1.29 is 9.13 Å². The molecule has 1 unspecified atom stereocenters. The molecule has 0 aliphatic heterocycles. The van der Waals surface area contributed by atoms with E-state index < -0.39 is 0 Å². The van der Waals surface area contributed by atoms with E-state index in [2.05, 4.69) is 4.98 Å². The molecule has 20 heavy (non-hydrogen) atoms. The van der Waals surface area contributed by atoms with E-state index in [1.165, 1.54) is 6.07 Å². The first-order valence-electron chi connectivity index (χ1n) is 6.71. The SMILES string of the molecule is CC(N)Cc1ccc(OCCc2ccncc2)c(F)c1. The number of pyridine rings is 1. The molecule has 3 nitrogen and oxygen atoms in total. The van der Waals surface area contributed by atoms with Crippen LogP contribution in [0.2, 0.25) is 0 Å². The average Bonchev–Trinajstić information content (AvgIpc) is 2.42. The van der Waals surface area contributed by atoms with Gasteiger partial charge in [0, 0.05) is 24.9 Å². The molecular weight excluding hydrogens is 255 g/mol. The van der Waals surface area contributed by atoms with Gasteiger partial charge in [0.1, 0.15) is 0 Å². The first-order chi connectivity index (χ1) is 9.65. The molecular formula is C16H19FN2O. The number of hydrogen-bond acceptors (Lipinski definition) is 3. The molecule has 0 saturated heterocycles. The van der Waals surface area contributed by atoms with Gasteiger partial charge in [0.2, 0.25) is 0 Å². The van der Waals surface area contributed by atoms with Gasteiger partial charge < -0.3 is 10.5 Å². The molecule has 1 atom stereocenters. The van der Waals surface area contributed by atoms with Crippen molar-refractivity contribution in [2.75, 3.05) is 6.61 Å². The predicted octanol–water partition coefficient (Wildman–Crippen LogP) is 2.73. The minimum atomic E-state index is -0.335. The normalized spacial score (nSPS) is 12.2. The summed E-state index contributed by atoms with van der Waals surface area (Å²) in [4.78, 5) is 3.95. The lowest BCUT2D eigenvalue weighted by Gasteiger charge is -2.10. The van der Waals surface area contributed by atoms with E-state index in [0.717, 1.165) is 17.5 Å². The summed E-state index contributed by atoms with van der Waals surface area (Å²) in [6, 6.07) is 8.88. The second-order valence-corrected chi connectivity index (χ2v) is 4.90. The van der Waals surface area contributed by atoms with Gasteiger partial charge in [0.05, 0.1) is 6.61 Å². The van der Waals surface area contributed by atoms with Crippen LogP contribution in [-0.4, -0.2) is 17.6 Å². The van der Waals surface area contributed by atoms with Crippen molar-refractivity contribution in [2.24, 2.45) is 5.73 Å². The van der Waals surface area contributed by atoms with Crippen LogP contribution in [0.4, 0.5) is 4.39 Å². The van der Waals surface area contributed by atoms with E-state index in [-0.39, 0.29) is 17.6 Å². The molecule has 0 aliphatic rings. The van der Waals surface area contributed by atoms with Crippen LogP contribution < -0.4 is 10.5 Å². The largest absolute Gasteiger partial charge is 0.490 e. The number of nitrogens with two attached hydrogens (primary N) is 1. The monoisotopic (exact) mass is 274 g/mol. The number of benzene rings is 1. The van der Waals surface area contributed by atoms with Crippen molar-refractivity contribution in [1.82, 2.24) is 4.98 Å². The van der Waals surface area contributed by atoms with Crippen molar-refractivity contribution in [1.29, 1.82) is 0 Å². The van der Waals surface area contributed by atoms with Crippen molar-refractivity contribution in [3.8, 4) is 5.75 Å². The minimum Gasteiger partial charge on any atom is -0.490 e. The molecule has 1 aromatic carbocycles. The highest BCUT2D eigenvalue weighted by Crippen LogP contribution is 2.19. The summed E-state index contributed by atoms with van der Waals surface area (Å²) in [5.74, 6) is -0.0506. The smallest absolute Gasteiger partial charge is 0.165 e. The Balaban J connectivity index is 1.90. The van der Waals surface area contributed by atoms with E-state index in [1.54, 1.807) is 18.5 Å². The lowest BCUT2D eigenvalue weighted by atomic mass is 10.1. The van der Waals surface area contributed by atoms with Crippen LogP contribution in [0.15, 0.2) is 42.7 Å². The Labute approximate surface area is 118 Å². The molecule has 1 aromatic heterocycles. The van der Waals surface area contributed by atoms with Crippen LogP contribution in [0.25, 0.3) is 0 Å². The summed E-state index contributed by atoms with van der Waals surface area (Å²) in [5, 5.41) is 0. The number of hydrogen-bond donors (Lipinski definition) is 1. The Morgan fingerprint density at radius 1 is 1.20 bits per heavy atom. The van der Waals surface area contributed by atoms with Crippen LogP contribution in [0.5, 0.6) is 5.75 Å². The van der Waals surface area contributed by atoms with E-state index in [0.29, 0.717) is 13.0 Å². The number of rotatable bonds is 6. The molecule has 0 amide bonds. The Bertz CT molecular complexity index is 543. The van der Waals surface area contributed by atoms with Crippen molar-refractivity contribution in [3.05, 3.63) is 59.7 Å². The molecule has 0 spiro atoms. The first kappa shape index (κ1) is 14.5. The third-order valence-corrected chi connectivity index (χ3v) is 2.95. The van der Waals surface area contributed by atoms with Crippen molar-refractivity contribution >= 4 is 0 Å². The van der Waals surface area contributed by atoms with E-state index >= 15 is 0 Å². The molecule has 0 radical (unpaired) electrons. The van der Waals surface area contributed by atoms with E-state index in [1.807, 2.05) is 25.1 Å². The highest BCUT2D eigenvalue weighted by molar-refractivity contribution is 5.29. The first-order valence-corrected chi connectivity index (χ1v) is 6.71. The Kier molecular flexibility index (Phi) is 5.07. The van der Waals surface area contributed by atoms with Gasteiger partial charge >= 0.3 is 0 Å². The third kappa shape index (κ3) is 4.31. The summed E-state index contributed by atoms with van der Waals surface area (Å²) < 4.78 is 19.3. The summed E-state index contributed by atoms with van der Waals surface area (Å²) >= 11 is 0. The summed E-state index contributed by atoms with van der Waals surface area (Å²) in [5.41, 5.74) is 7.71. The lowest BCUT2D eigenvalue weighted by Crippen LogP contribution is -2.17. The zero-order chi connectivity index (χ0) is 14.4. The molecule has 2 rings (SSSR count). The molecule has 0 saturated carbocycles. The second kappa shape index (κ2) is 7.01. The fraction of sp³-hybridized carbons (Fsp3) is 0.312.